The first kappa shape index (κ1) is 13.8. The highest BCUT2D eigenvalue weighted by Gasteiger charge is 2.23. The minimum Gasteiger partial charge on any atom is -0.478 e. The van der Waals surface area contributed by atoms with Crippen LogP contribution in [0.5, 0.6) is 0 Å². The third-order valence-electron chi connectivity index (χ3n) is 3.76. The fourth-order valence-electron chi connectivity index (χ4n) is 2.57. The summed E-state index contributed by atoms with van der Waals surface area (Å²) in [5, 5.41) is 8.82. The molecular formula is C14H19FN2O2. The predicted molar refractivity (Wildman–Crippen MR) is 72.3 cm³/mol. The minimum atomic E-state index is -1.11. The normalized spacial score (nSPS) is 19.6. The summed E-state index contributed by atoms with van der Waals surface area (Å²) in [4.78, 5) is 14.9. The first-order chi connectivity index (χ1) is 8.99. The average molecular weight is 266 g/mol. The van der Waals surface area contributed by atoms with Crippen LogP contribution in [0, 0.1) is 5.82 Å². The molecule has 0 saturated carbocycles. The number of anilines is 1. The van der Waals surface area contributed by atoms with Gasteiger partial charge in [0.15, 0.2) is 0 Å². The van der Waals surface area contributed by atoms with Crippen LogP contribution < -0.4 is 4.90 Å². The second-order valence-corrected chi connectivity index (χ2v) is 5.13. The van der Waals surface area contributed by atoms with E-state index in [2.05, 4.69) is 11.9 Å². The molecule has 1 aliphatic rings. The molecule has 0 spiro atoms. The van der Waals surface area contributed by atoms with Crippen molar-refractivity contribution in [1.82, 2.24) is 4.90 Å². The number of likely N-dealkylation sites (tertiary alicyclic amines) is 1. The maximum absolute atomic E-state index is 13.9. The first-order valence-corrected chi connectivity index (χ1v) is 6.43. The van der Waals surface area contributed by atoms with Crippen LogP contribution in [0.25, 0.3) is 0 Å². The summed E-state index contributed by atoms with van der Waals surface area (Å²) in [6, 6.07) is 4.49. The number of benzene rings is 1. The van der Waals surface area contributed by atoms with Gasteiger partial charge in [-0.3, -0.25) is 0 Å². The number of hydrogen-bond acceptors (Lipinski definition) is 3. The molecule has 1 unspecified atom stereocenters. The molecule has 0 bridgehead atoms. The molecule has 1 aliphatic heterocycles. The quantitative estimate of drug-likeness (QED) is 0.906. The zero-order chi connectivity index (χ0) is 14.0. The Morgan fingerprint density at radius 2 is 2.32 bits per heavy atom. The standard InChI is InChI=1S/C14H19FN2O2/c1-16-7-3-4-11(16)9-17(2)13-6-5-10(14(18)19)8-12(13)15/h5-6,8,11H,3-4,7,9H2,1-2H3,(H,18,19). The van der Waals surface area contributed by atoms with E-state index in [1.165, 1.54) is 18.6 Å². The second-order valence-electron chi connectivity index (χ2n) is 5.13. The molecule has 4 nitrogen and oxygen atoms in total. The summed E-state index contributed by atoms with van der Waals surface area (Å²) < 4.78 is 13.9. The van der Waals surface area contributed by atoms with Gasteiger partial charge >= 0.3 is 5.97 Å². The van der Waals surface area contributed by atoms with Crippen molar-refractivity contribution in [1.29, 1.82) is 0 Å². The molecule has 2 rings (SSSR count). The Bertz CT molecular complexity index is 479. The zero-order valence-electron chi connectivity index (χ0n) is 11.3. The van der Waals surface area contributed by atoms with E-state index in [0.29, 0.717) is 11.7 Å². The van der Waals surface area contributed by atoms with Crippen molar-refractivity contribution in [3.8, 4) is 0 Å². The smallest absolute Gasteiger partial charge is 0.335 e. The van der Waals surface area contributed by atoms with E-state index >= 15 is 0 Å². The Morgan fingerprint density at radius 1 is 1.58 bits per heavy atom. The van der Waals surface area contributed by atoms with Gasteiger partial charge in [-0.2, -0.15) is 0 Å². The van der Waals surface area contributed by atoms with Crippen molar-refractivity contribution >= 4 is 11.7 Å². The lowest BCUT2D eigenvalue weighted by Gasteiger charge is -2.27. The lowest BCUT2D eigenvalue weighted by molar-refractivity contribution is 0.0696. The van der Waals surface area contributed by atoms with Crippen molar-refractivity contribution in [2.24, 2.45) is 0 Å². The zero-order valence-corrected chi connectivity index (χ0v) is 11.3. The molecule has 1 heterocycles. The third kappa shape index (κ3) is 3.04. The van der Waals surface area contributed by atoms with Gasteiger partial charge in [-0.15, -0.1) is 0 Å². The van der Waals surface area contributed by atoms with Gasteiger partial charge in [-0.1, -0.05) is 0 Å². The monoisotopic (exact) mass is 266 g/mol. The van der Waals surface area contributed by atoms with Gasteiger partial charge in [0.2, 0.25) is 0 Å². The molecule has 0 radical (unpaired) electrons. The molecule has 0 aromatic heterocycles. The molecule has 1 saturated heterocycles. The summed E-state index contributed by atoms with van der Waals surface area (Å²) in [5.41, 5.74) is 0.429. The van der Waals surface area contributed by atoms with E-state index < -0.39 is 11.8 Å². The molecule has 1 atom stereocenters. The van der Waals surface area contributed by atoms with Gasteiger partial charge in [0.05, 0.1) is 11.3 Å². The molecule has 104 valence electrons. The number of likely N-dealkylation sites (N-methyl/N-ethyl adjacent to an activating group) is 2. The molecule has 1 aromatic carbocycles. The van der Waals surface area contributed by atoms with Crippen molar-refractivity contribution < 1.29 is 14.3 Å². The first-order valence-electron chi connectivity index (χ1n) is 6.43. The van der Waals surface area contributed by atoms with Gasteiger partial charge < -0.3 is 14.9 Å². The Hall–Kier alpha value is -1.62. The Kier molecular flexibility index (Phi) is 4.04. The molecule has 1 aromatic rings. The van der Waals surface area contributed by atoms with E-state index in [1.54, 1.807) is 0 Å². The lowest BCUT2D eigenvalue weighted by Crippen LogP contribution is -2.37. The van der Waals surface area contributed by atoms with Gasteiger partial charge in [0.1, 0.15) is 5.82 Å². The number of halogens is 1. The van der Waals surface area contributed by atoms with Crippen LogP contribution in [0.2, 0.25) is 0 Å². The van der Waals surface area contributed by atoms with Crippen LogP contribution in [-0.4, -0.2) is 49.2 Å². The van der Waals surface area contributed by atoms with E-state index in [-0.39, 0.29) is 5.56 Å². The molecule has 0 amide bonds. The molecule has 1 fully saturated rings. The maximum atomic E-state index is 13.9. The highest BCUT2D eigenvalue weighted by molar-refractivity contribution is 5.88. The second kappa shape index (κ2) is 5.57. The Morgan fingerprint density at radius 3 is 2.84 bits per heavy atom. The highest BCUT2D eigenvalue weighted by Crippen LogP contribution is 2.22. The number of carboxylic acids is 1. The summed E-state index contributed by atoms with van der Waals surface area (Å²) >= 11 is 0. The van der Waals surface area contributed by atoms with Crippen molar-refractivity contribution in [2.75, 3.05) is 32.1 Å². The molecule has 0 aliphatic carbocycles. The number of aromatic carboxylic acids is 1. The molecule has 1 N–H and O–H groups in total. The maximum Gasteiger partial charge on any atom is 0.335 e. The summed E-state index contributed by atoms with van der Waals surface area (Å²) in [6.45, 7) is 1.83. The van der Waals surface area contributed by atoms with Gasteiger partial charge in [-0.25, -0.2) is 9.18 Å². The third-order valence-corrected chi connectivity index (χ3v) is 3.76. The van der Waals surface area contributed by atoms with Crippen LogP contribution >= 0.6 is 0 Å². The van der Waals surface area contributed by atoms with Gasteiger partial charge in [-0.05, 0) is 44.6 Å². The largest absolute Gasteiger partial charge is 0.478 e. The van der Waals surface area contributed by atoms with Gasteiger partial charge in [0, 0.05) is 19.6 Å². The fraction of sp³-hybridized carbons (Fsp3) is 0.500. The summed E-state index contributed by atoms with van der Waals surface area (Å²) in [5.74, 6) is -1.59. The molecule has 19 heavy (non-hydrogen) atoms. The SMILES string of the molecule is CN(CC1CCCN1C)c1ccc(C(=O)O)cc1F. The van der Waals surface area contributed by atoms with E-state index in [0.717, 1.165) is 25.6 Å². The molecule has 5 heteroatoms. The molecular weight excluding hydrogens is 247 g/mol. The van der Waals surface area contributed by atoms with Crippen molar-refractivity contribution in [3.05, 3.63) is 29.6 Å². The average Bonchev–Trinajstić information content (AvgIpc) is 2.74. The van der Waals surface area contributed by atoms with Crippen LogP contribution in [0.3, 0.4) is 0 Å². The Labute approximate surface area is 112 Å². The number of rotatable bonds is 4. The van der Waals surface area contributed by atoms with Crippen LogP contribution in [0.4, 0.5) is 10.1 Å². The summed E-state index contributed by atoms with van der Waals surface area (Å²) in [7, 11) is 3.92. The van der Waals surface area contributed by atoms with Gasteiger partial charge in [0.25, 0.3) is 0 Å². The number of carbonyl (C=O) groups is 1. The van der Waals surface area contributed by atoms with E-state index in [1.807, 2.05) is 11.9 Å². The van der Waals surface area contributed by atoms with Crippen molar-refractivity contribution in [3.63, 3.8) is 0 Å². The number of carboxylic acid groups (broad SMARTS) is 1. The summed E-state index contributed by atoms with van der Waals surface area (Å²) in [6.07, 6.45) is 2.30. The fourth-order valence-corrected chi connectivity index (χ4v) is 2.57. The highest BCUT2D eigenvalue weighted by atomic mass is 19.1. The lowest BCUT2D eigenvalue weighted by atomic mass is 10.1. The minimum absolute atomic E-state index is 0.0207. The van der Waals surface area contributed by atoms with Crippen LogP contribution in [0.15, 0.2) is 18.2 Å². The van der Waals surface area contributed by atoms with Crippen molar-refractivity contribution in [2.45, 2.75) is 18.9 Å². The number of hydrogen-bond donors (Lipinski definition) is 1. The topological polar surface area (TPSA) is 43.8 Å². The predicted octanol–water partition coefficient (Wildman–Crippen LogP) is 2.05. The van der Waals surface area contributed by atoms with E-state index in [4.69, 9.17) is 5.11 Å². The van der Waals surface area contributed by atoms with E-state index in [9.17, 15) is 9.18 Å². The number of nitrogens with zero attached hydrogens (tertiary/aromatic N) is 2. The van der Waals surface area contributed by atoms with Crippen LogP contribution in [0.1, 0.15) is 23.2 Å². The Balaban J connectivity index is 2.10. The van der Waals surface area contributed by atoms with Crippen LogP contribution in [-0.2, 0) is 0 Å².